The molecule has 0 saturated carbocycles. The standard InChI is InChI=1S/C16H22ClFN2O2/c1-11-3-2-6-20(9-11)16(22)8-19-15(10-21)12-4-5-13(17)14(18)7-12/h4-5,7,11,15,19,21H,2-3,6,8-10H2,1H3/t11-,15-/m0/s1. The lowest BCUT2D eigenvalue weighted by molar-refractivity contribution is -0.132. The molecule has 2 N–H and O–H groups in total. The largest absolute Gasteiger partial charge is 0.394 e. The van der Waals surface area contributed by atoms with Crippen LogP contribution < -0.4 is 5.32 Å². The summed E-state index contributed by atoms with van der Waals surface area (Å²) in [5.41, 5.74) is 0.573. The van der Waals surface area contributed by atoms with Crippen LogP contribution in [0, 0.1) is 11.7 Å². The van der Waals surface area contributed by atoms with Gasteiger partial charge in [-0.25, -0.2) is 4.39 Å². The summed E-state index contributed by atoms with van der Waals surface area (Å²) in [6, 6.07) is 3.89. The van der Waals surface area contributed by atoms with E-state index in [-0.39, 0.29) is 24.1 Å². The lowest BCUT2D eigenvalue weighted by Crippen LogP contribution is -2.44. The minimum Gasteiger partial charge on any atom is -0.394 e. The van der Waals surface area contributed by atoms with Crippen LogP contribution >= 0.6 is 11.6 Å². The van der Waals surface area contributed by atoms with Gasteiger partial charge in [-0.05, 0) is 36.5 Å². The number of hydrogen-bond donors (Lipinski definition) is 2. The molecule has 22 heavy (non-hydrogen) atoms. The summed E-state index contributed by atoms with van der Waals surface area (Å²) < 4.78 is 13.5. The molecule has 0 radical (unpaired) electrons. The highest BCUT2D eigenvalue weighted by Crippen LogP contribution is 2.20. The molecule has 1 saturated heterocycles. The Morgan fingerprint density at radius 3 is 3.00 bits per heavy atom. The number of benzene rings is 1. The maximum Gasteiger partial charge on any atom is 0.236 e. The van der Waals surface area contributed by atoms with Gasteiger partial charge in [-0.3, -0.25) is 10.1 Å². The fraction of sp³-hybridized carbons (Fsp3) is 0.562. The van der Waals surface area contributed by atoms with Crippen molar-refractivity contribution < 1.29 is 14.3 Å². The van der Waals surface area contributed by atoms with Gasteiger partial charge in [0.25, 0.3) is 0 Å². The van der Waals surface area contributed by atoms with Crippen molar-refractivity contribution in [1.29, 1.82) is 0 Å². The minimum atomic E-state index is -0.532. The van der Waals surface area contributed by atoms with Crippen LogP contribution in [0.4, 0.5) is 4.39 Å². The van der Waals surface area contributed by atoms with Crippen molar-refractivity contribution in [2.45, 2.75) is 25.8 Å². The van der Waals surface area contributed by atoms with Gasteiger partial charge in [-0.15, -0.1) is 0 Å². The van der Waals surface area contributed by atoms with Gasteiger partial charge in [0.1, 0.15) is 5.82 Å². The molecule has 2 atom stereocenters. The number of aliphatic hydroxyl groups is 1. The first-order valence-electron chi connectivity index (χ1n) is 7.58. The van der Waals surface area contributed by atoms with Crippen molar-refractivity contribution in [2.75, 3.05) is 26.2 Å². The van der Waals surface area contributed by atoms with Crippen molar-refractivity contribution in [1.82, 2.24) is 10.2 Å². The van der Waals surface area contributed by atoms with Gasteiger partial charge in [0, 0.05) is 13.1 Å². The maximum absolute atomic E-state index is 13.5. The van der Waals surface area contributed by atoms with E-state index in [0.717, 1.165) is 25.9 Å². The predicted molar refractivity (Wildman–Crippen MR) is 84.2 cm³/mol. The second-order valence-electron chi connectivity index (χ2n) is 5.88. The van der Waals surface area contributed by atoms with E-state index in [1.54, 1.807) is 6.07 Å². The number of halogens is 2. The number of nitrogens with one attached hydrogen (secondary N) is 1. The summed E-state index contributed by atoms with van der Waals surface area (Å²) in [5, 5.41) is 12.5. The second-order valence-corrected chi connectivity index (χ2v) is 6.28. The lowest BCUT2D eigenvalue weighted by Gasteiger charge is -2.31. The minimum absolute atomic E-state index is 0.0134. The Bertz CT molecular complexity index is 527. The molecule has 0 aliphatic carbocycles. The van der Waals surface area contributed by atoms with Crippen LogP contribution in [0.5, 0.6) is 0 Å². The molecule has 1 aromatic rings. The van der Waals surface area contributed by atoms with E-state index in [1.807, 2.05) is 4.90 Å². The first kappa shape index (κ1) is 17.2. The van der Waals surface area contributed by atoms with E-state index in [2.05, 4.69) is 12.2 Å². The van der Waals surface area contributed by atoms with Gasteiger partial charge in [0.05, 0.1) is 24.2 Å². The fourth-order valence-electron chi connectivity index (χ4n) is 2.76. The number of carbonyl (C=O) groups is 1. The number of piperidine rings is 1. The van der Waals surface area contributed by atoms with Crippen molar-refractivity contribution >= 4 is 17.5 Å². The maximum atomic E-state index is 13.5. The van der Waals surface area contributed by atoms with Gasteiger partial charge < -0.3 is 10.0 Å². The van der Waals surface area contributed by atoms with Crippen LogP contribution in [0.1, 0.15) is 31.4 Å². The monoisotopic (exact) mass is 328 g/mol. The van der Waals surface area contributed by atoms with Gasteiger partial charge in [-0.2, -0.15) is 0 Å². The molecule has 0 aromatic heterocycles. The third-order valence-corrected chi connectivity index (χ3v) is 4.34. The molecule has 2 rings (SSSR count). The highest BCUT2D eigenvalue weighted by Gasteiger charge is 2.21. The molecule has 0 unspecified atom stereocenters. The number of nitrogens with zero attached hydrogens (tertiary/aromatic N) is 1. The molecule has 1 aliphatic heterocycles. The van der Waals surface area contributed by atoms with Crippen molar-refractivity contribution in [3.05, 3.63) is 34.6 Å². The molecule has 1 amide bonds. The number of carbonyl (C=O) groups excluding carboxylic acids is 1. The van der Waals surface area contributed by atoms with Crippen LogP contribution in [0.3, 0.4) is 0 Å². The Morgan fingerprint density at radius 1 is 1.59 bits per heavy atom. The first-order chi connectivity index (χ1) is 10.5. The summed E-state index contributed by atoms with van der Waals surface area (Å²) in [6.07, 6.45) is 2.18. The zero-order valence-electron chi connectivity index (χ0n) is 12.7. The molecule has 1 fully saturated rings. The normalized spacial score (nSPS) is 20.0. The summed E-state index contributed by atoms with van der Waals surface area (Å²) in [4.78, 5) is 14.0. The highest BCUT2D eigenvalue weighted by molar-refractivity contribution is 6.30. The van der Waals surface area contributed by atoms with E-state index in [9.17, 15) is 14.3 Å². The molecule has 0 spiro atoms. The molecule has 0 bridgehead atoms. The topological polar surface area (TPSA) is 52.6 Å². The van der Waals surface area contributed by atoms with E-state index in [1.165, 1.54) is 12.1 Å². The van der Waals surface area contributed by atoms with Crippen molar-refractivity contribution in [3.63, 3.8) is 0 Å². The van der Waals surface area contributed by atoms with Gasteiger partial charge in [-0.1, -0.05) is 24.6 Å². The zero-order chi connectivity index (χ0) is 16.1. The summed E-state index contributed by atoms with van der Waals surface area (Å²) >= 11 is 5.65. The van der Waals surface area contributed by atoms with Crippen LogP contribution in [0.25, 0.3) is 0 Å². The van der Waals surface area contributed by atoms with E-state index >= 15 is 0 Å². The fourth-order valence-corrected chi connectivity index (χ4v) is 2.87. The second kappa shape index (κ2) is 7.90. The average molecular weight is 329 g/mol. The molecular formula is C16H22ClFN2O2. The Hall–Kier alpha value is -1.17. The predicted octanol–water partition coefficient (Wildman–Crippen LogP) is 2.36. The molecule has 1 aliphatic rings. The van der Waals surface area contributed by atoms with Crippen LogP contribution in [-0.4, -0.2) is 42.2 Å². The number of amides is 1. The van der Waals surface area contributed by atoms with Gasteiger partial charge in [0.2, 0.25) is 5.91 Å². The lowest BCUT2D eigenvalue weighted by atomic mass is 10.0. The summed E-state index contributed by atoms with van der Waals surface area (Å²) in [6.45, 7) is 3.61. The number of aliphatic hydroxyl groups excluding tert-OH is 1. The molecule has 4 nitrogen and oxygen atoms in total. The summed E-state index contributed by atoms with van der Waals surface area (Å²) in [7, 11) is 0. The zero-order valence-corrected chi connectivity index (χ0v) is 13.4. The van der Waals surface area contributed by atoms with E-state index in [0.29, 0.717) is 11.5 Å². The van der Waals surface area contributed by atoms with Crippen molar-refractivity contribution in [3.8, 4) is 0 Å². The Kier molecular flexibility index (Phi) is 6.17. The first-order valence-corrected chi connectivity index (χ1v) is 7.96. The van der Waals surface area contributed by atoms with Crippen LogP contribution in [-0.2, 0) is 4.79 Å². The Balaban J connectivity index is 1.92. The van der Waals surface area contributed by atoms with Crippen LogP contribution in [0.15, 0.2) is 18.2 Å². The number of rotatable bonds is 5. The van der Waals surface area contributed by atoms with Gasteiger partial charge in [0.15, 0.2) is 0 Å². The molecule has 6 heteroatoms. The average Bonchev–Trinajstić information content (AvgIpc) is 2.51. The van der Waals surface area contributed by atoms with Crippen LogP contribution in [0.2, 0.25) is 5.02 Å². The highest BCUT2D eigenvalue weighted by atomic mass is 35.5. The molecular weight excluding hydrogens is 307 g/mol. The molecule has 1 aromatic carbocycles. The smallest absolute Gasteiger partial charge is 0.236 e. The molecule has 1 heterocycles. The van der Waals surface area contributed by atoms with E-state index in [4.69, 9.17) is 11.6 Å². The quantitative estimate of drug-likeness (QED) is 0.872. The van der Waals surface area contributed by atoms with E-state index < -0.39 is 11.9 Å². The number of hydrogen-bond acceptors (Lipinski definition) is 3. The number of likely N-dealkylation sites (tertiary alicyclic amines) is 1. The van der Waals surface area contributed by atoms with Crippen molar-refractivity contribution in [2.24, 2.45) is 5.92 Å². The SMILES string of the molecule is C[C@H]1CCCN(C(=O)CN[C@@H](CO)c2ccc(Cl)c(F)c2)C1. The summed E-state index contributed by atoms with van der Waals surface area (Å²) in [5.74, 6) is 0.00624. The third-order valence-electron chi connectivity index (χ3n) is 4.04. The Labute approximate surface area is 135 Å². The Morgan fingerprint density at radius 2 is 2.36 bits per heavy atom. The van der Waals surface area contributed by atoms with Gasteiger partial charge >= 0.3 is 0 Å². The third kappa shape index (κ3) is 4.41. The molecule has 122 valence electrons.